The molecule has 1 aromatic carbocycles. The normalized spacial score (nSPS) is 16.8. The highest BCUT2D eigenvalue weighted by molar-refractivity contribution is 5.47. The maximum absolute atomic E-state index is 4.87. The summed E-state index contributed by atoms with van der Waals surface area (Å²) in [7, 11) is 0. The molecule has 1 saturated heterocycles. The average molecular weight is 257 g/mol. The number of aryl methyl sites for hydroxylation is 1. The quantitative estimate of drug-likeness (QED) is 0.844. The van der Waals surface area contributed by atoms with Crippen molar-refractivity contribution >= 4 is 5.69 Å². The van der Waals surface area contributed by atoms with Crippen LogP contribution in [-0.4, -0.2) is 36.2 Å². The van der Waals surface area contributed by atoms with Crippen LogP contribution in [0.25, 0.3) is 0 Å². The van der Waals surface area contributed by atoms with E-state index in [4.69, 9.17) is 4.52 Å². The van der Waals surface area contributed by atoms with Gasteiger partial charge in [-0.3, -0.25) is 4.90 Å². The largest absolute Gasteiger partial charge is 0.369 e. The summed E-state index contributed by atoms with van der Waals surface area (Å²) in [6, 6.07) is 10.7. The molecule has 1 aliphatic rings. The first-order valence-corrected chi connectivity index (χ1v) is 6.74. The van der Waals surface area contributed by atoms with E-state index in [1.165, 1.54) is 11.3 Å². The molecule has 2 heterocycles. The lowest BCUT2D eigenvalue weighted by molar-refractivity contribution is 0.242. The third-order valence-corrected chi connectivity index (χ3v) is 3.65. The number of hydrogen-bond donors (Lipinski definition) is 0. The van der Waals surface area contributed by atoms with E-state index in [2.05, 4.69) is 46.1 Å². The van der Waals surface area contributed by atoms with E-state index in [0.29, 0.717) is 0 Å². The number of rotatable bonds is 3. The van der Waals surface area contributed by atoms with Gasteiger partial charge in [0.2, 0.25) is 0 Å². The molecule has 4 nitrogen and oxygen atoms in total. The van der Waals surface area contributed by atoms with E-state index >= 15 is 0 Å². The van der Waals surface area contributed by atoms with Crippen LogP contribution in [0.5, 0.6) is 0 Å². The molecule has 1 aliphatic heterocycles. The van der Waals surface area contributed by atoms with Gasteiger partial charge < -0.3 is 9.42 Å². The van der Waals surface area contributed by atoms with Crippen molar-refractivity contribution in [2.24, 2.45) is 0 Å². The summed E-state index contributed by atoms with van der Waals surface area (Å²) in [5, 5.41) is 3.97. The van der Waals surface area contributed by atoms with Gasteiger partial charge in [0.15, 0.2) is 0 Å². The monoisotopic (exact) mass is 257 g/mol. The number of anilines is 1. The van der Waals surface area contributed by atoms with Gasteiger partial charge in [-0.05, 0) is 19.1 Å². The Morgan fingerprint density at radius 3 is 2.42 bits per heavy atom. The van der Waals surface area contributed by atoms with E-state index < -0.39 is 0 Å². The summed E-state index contributed by atoms with van der Waals surface area (Å²) in [6.45, 7) is 7.29. The topological polar surface area (TPSA) is 32.5 Å². The zero-order valence-corrected chi connectivity index (χ0v) is 11.2. The van der Waals surface area contributed by atoms with Crippen LogP contribution in [0.3, 0.4) is 0 Å². The first kappa shape index (κ1) is 12.2. The minimum atomic E-state index is 0.887. The molecule has 0 unspecified atom stereocenters. The first-order chi connectivity index (χ1) is 9.31. The Morgan fingerprint density at radius 2 is 1.79 bits per heavy atom. The van der Waals surface area contributed by atoms with E-state index in [1.807, 2.05) is 6.07 Å². The fourth-order valence-electron chi connectivity index (χ4n) is 2.47. The fourth-order valence-corrected chi connectivity index (χ4v) is 2.47. The maximum atomic E-state index is 4.87. The zero-order valence-electron chi connectivity index (χ0n) is 11.2. The van der Waals surface area contributed by atoms with Gasteiger partial charge in [0.1, 0.15) is 6.26 Å². The summed E-state index contributed by atoms with van der Waals surface area (Å²) in [5.41, 5.74) is 3.66. The standard InChI is InChI=1S/C15H19N3O/c1-13-2-4-15(5-3-13)18-9-7-17(8-10-18)12-14-6-11-19-16-14/h2-6,11H,7-10,12H2,1H3. The molecule has 0 radical (unpaired) electrons. The van der Waals surface area contributed by atoms with Crippen molar-refractivity contribution in [1.82, 2.24) is 10.1 Å². The van der Waals surface area contributed by atoms with Crippen LogP contribution in [0.15, 0.2) is 41.1 Å². The second kappa shape index (κ2) is 5.45. The molecule has 0 N–H and O–H groups in total. The molecule has 0 aliphatic carbocycles. The smallest absolute Gasteiger partial charge is 0.124 e. The summed E-state index contributed by atoms with van der Waals surface area (Å²) >= 11 is 0. The van der Waals surface area contributed by atoms with Crippen LogP contribution in [0.2, 0.25) is 0 Å². The van der Waals surface area contributed by atoms with Crippen LogP contribution < -0.4 is 4.90 Å². The fraction of sp³-hybridized carbons (Fsp3) is 0.400. The third-order valence-electron chi connectivity index (χ3n) is 3.65. The minimum Gasteiger partial charge on any atom is -0.369 e. The lowest BCUT2D eigenvalue weighted by atomic mass is 10.2. The van der Waals surface area contributed by atoms with Crippen molar-refractivity contribution in [2.75, 3.05) is 31.1 Å². The van der Waals surface area contributed by atoms with Crippen LogP contribution in [0, 0.1) is 6.92 Å². The Hall–Kier alpha value is -1.81. The number of piperazine rings is 1. The van der Waals surface area contributed by atoms with Crippen molar-refractivity contribution in [3.63, 3.8) is 0 Å². The Labute approximate surface area is 113 Å². The maximum Gasteiger partial charge on any atom is 0.124 e. The molecule has 1 aromatic heterocycles. The van der Waals surface area contributed by atoms with Gasteiger partial charge in [-0.1, -0.05) is 22.9 Å². The number of aromatic nitrogens is 1. The highest BCUT2D eigenvalue weighted by atomic mass is 16.5. The van der Waals surface area contributed by atoms with E-state index in [9.17, 15) is 0 Å². The molecule has 1 fully saturated rings. The minimum absolute atomic E-state index is 0.887. The molecule has 100 valence electrons. The Balaban J connectivity index is 1.56. The van der Waals surface area contributed by atoms with Gasteiger partial charge in [0.25, 0.3) is 0 Å². The molecule has 0 spiro atoms. The molecular formula is C15H19N3O. The third kappa shape index (κ3) is 2.96. The lowest BCUT2D eigenvalue weighted by Gasteiger charge is -2.35. The molecule has 3 rings (SSSR count). The zero-order chi connectivity index (χ0) is 13.1. The molecule has 0 bridgehead atoms. The van der Waals surface area contributed by atoms with Crippen LogP contribution in [0.1, 0.15) is 11.3 Å². The Kier molecular flexibility index (Phi) is 3.51. The summed E-state index contributed by atoms with van der Waals surface area (Å²) in [4.78, 5) is 4.86. The molecule has 0 atom stereocenters. The highest BCUT2D eigenvalue weighted by Crippen LogP contribution is 2.17. The second-order valence-electron chi connectivity index (χ2n) is 5.09. The predicted octanol–water partition coefficient (Wildman–Crippen LogP) is 2.31. The molecule has 19 heavy (non-hydrogen) atoms. The molecule has 2 aromatic rings. The first-order valence-electron chi connectivity index (χ1n) is 6.74. The van der Waals surface area contributed by atoms with E-state index in [-0.39, 0.29) is 0 Å². The molecular weight excluding hydrogens is 238 g/mol. The van der Waals surface area contributed by atoms with Gasteiger partial charge in [-0.25, -0.2) is 0 Å². The molecule has 0 amide bonds. The van der Waals surface area contributed by atoms with E-state index in [0.717, 1.165) is 38.4 Å². The lowest BCUT2D eigenvalue weighted by Crippen LogP contribution is -2.46. The summed E-state index contributed by atoms with van der Waals surface area (Å²) in [5.74, 6) is 0. The number of hydrogen-bond acceptors (Lipinski definition) is 4. The van der Waals surface area contributed by atoms with Crippen LogP contribution in [-0.2, 0) is 6.54 Å². The van der Waals surface area contributed by atoms with E-state index in [1.54, 1.807) is 6.26 Å². The summed E-state index contributed by atoms with van der Waals surface area (Å²) < 4.78 is 4.87. The average Bonchev–Trinajstić information content (AvgIpc) is 2.94. The van der Waals surface area contributed by atoms with Gasteiger partial charge >= 0.3 is 0 Å². The van der Waals surface area contributed by atoms with Crippen LogP contribution >= 0.6 is 0 Å². The van der Waals surface area contributed by atoms with Crippen molar-refractivity contribution in [3.05, 3.63) is 47.9 Å². The predicted molar refractivity (Wildman–Crippen MR) is 75.2 cm³/mol. The second-order valence-corrected chi connectivity index (χ2v) is 5.09. The number of benzene rings is 1. The van der Waals surface area contributed by atoms with Gasteiger partial charge in [0.05, 0.1) is 5.69 Å². The highest BCUT2D eigenvalue weighted by Gasteiger charge is 2.17. The van der Waals surface area contributed by atoms with Crippen molar-refractivity contribution < 1.29 is 4.52 Å². The van der Waals surface area contributed by atoms with Gasteiger partial charge in [-0.2, -0.15) is 0 Å². The van der Waals surface area contributed by atoms with Crippen molar-refractivity contribution in [2.45, 2.75) is 13.5 Å². The van der Waals surface area contributed by atoms with Gasteiger partial charge in [-0.15, -0.1) is 0 Å². The Bertz CT molecular complexity index is 499. The SMILES string of the molecule is Cc1ccc(N2CCN(Cc3ccon3)CC2)cc1. The van der Waals surface area contributed by atoms with Crippen LogP contribution in [0.4, 0.5) is 5.69 Å². The van der Waals surface area contributed by atoms with Crippen molar-refractivity contribution in [3.8, 4) is 0 Å². The Morgan fingerprint density at radius 1 is 1.05 bits per heavy atom. The molecule has 0 saturated carbocycles. The summed E-state index contributed by atoms with van der Waals surface area (Å²) in [6.07, 6.45) is 1.64. The molecule has 4 heteroatoms. The van der Waals surface area contributed by atoms with Crippen molar-refractivity contribution in [1.29, 1.82) is 0 Å². The number of nitrogens with zero attached hydrogens (tertiary/aromatic N) is 3. The van der Waals surface area contributed by atoms with Gasteiger partial charge in [0, 0.05) is 44.5 Å².